The van der Waals surface area contributed by atoms with E-state index < -0.39 is 0 Å². The van der Waals surface area contributed by atoms with Crippen molar-refractivity contribution in [1.29, 1.82) is 0 Å². The molecule has 0 saturated carbocycles. The fourth-order valence-electron chi connectivity index (χ4n) is 2.54. The van der Waals surface area contributed by atoms with Gasteiger partial charge in [0.1, 0.15) is 0 Å². The molecule has 1 aliphatic rings. The van der Waals surface area contributed by atoms with Crippen LogP contribution < -0.4 is 16.0 Å². The highest BCUT2D eigenvalue weighted by Gasteiger charge is 2.29. The van der Waals surface area contributed by atoms with Crippen LogP contribution in [0.3, 0.4) is 0 Å². The molecule has 1 saturated heterocycles. The second-order valence-corrected chi connectivity index (χ2v) is 4.97. The number of hydrazine groups is 1. The Morgan fingerprint density at radius 3 is 2.89 bits per heavy atom. The van der Waals surface area contributed by atoms with Gasteiger partial charge < -0.3 is 9.47 Å². The molecule has 106 valence electrons. The standard InChI is InChI=1S/C14H21FN2O2/c1-9-6-7-12(19-9)11(17-16)8-10-4-3-5-13(18-2)14(10)15/h3-5,9,11-12,17H,6-8,16H2,1-2H3. The van der Waals surface area contributed by atoms with E-state index in [1.165, 1.54) is 7.11 Å². The van der Waals surface area contributed by atoms with Crippen LogP contribution >= 0.6 is 0 Å². The molecule has 3 N–H and O–H groups in total. The highest BCUT2D eigenvalue weighted by atomic mass is 19.1. The van der Waals surface area contributed by atoms with Gasteiger partial charge in [0.15, 0.2) is 11.6 Å². The lowest BCUT2D eigenvalue weighted by Gasteiger charge is -2.23. The maximum atomic E-state index is 14.1. The smallest absolute Gasteiger partial charge is 0.168 e. The van der Waals surface area contributed by atoms with Crippen LogP contribution in [-0.4, -0.2) is 25.4 Å². The summed E-state index contributed by atoms with van der Waals surface area (Å²) in [5.74, 6) is 5.52. The van der Waals surface area contributed by atoms with Crippen molar-refractivity contribution in [2.45, 2.75) is 44.4 Å². The lowest BCUT2D eigenvalue weighted by Crippen LogP contribution is -2.45. The third kappa shape index (κ3) is 3.23. The molecule has 5 heteroatoms. The molecule has 1 aromatic carbocycles. The Kier molecular flexibility index (Phi) is 4.74. The maximum Gasteiger partial charge on any atom is 0.168 e. The van der Waals surface area contributed by atoms with Crippen molar-refractivity contribution >= 4 is 0 Å². The Hall–Kier alpha value is -1.17. The summed E-state index contributed by atoms with van der Waals surface area (Å²) >= 11 is 0. The Bertz CT molecular complexity index is 428. The van der Waals surface area contributed by atoms with Crippen molar-refractivity contribution < 1.29 is 13.9 Å². The number of nitrogens with one attached hydrogen (secondary N) is 1. The van der Waals surface area contributed by atoms with Crippen LogP contribution in [0.25, 0.3) is 0 Å². The van der Waals surface area contributed by atoms with Gasteiger partial charge >= 0.3 is 0 Å². The molecular weight excluding hydrogens is 247 g/mol. The van der Waals surface area contributed by atoms with E-state index in [-0.39, 0.29) is 29.8 Å². The van der Waals surface area contributed by atoms with Crippen molar-refractivity contribution in [2.75, 3.05) is 7.11 Å². The van der Waals surface area contributed by atoms with Gasteiger partial charge in [-0.1, -0.05) is 12.1 Å². The van der Waals surface area contributed by atoms with E-state index in [9.17, 15) is 4.39 Å². The summed E-state index contributed by atoms with van der Waals surface area (Å²) in [4.78, 5) is 0. The van der Waals surface area contributed by atoms with Gasteiger partial charge in [0.2, 0.25) is 0 Å². The van der Waals surface area contributed by atoms with Crippen molar-refractivity contribution in [2.24, 2.45) is 5.84 Å². The topological polar surface area (TPSA) is 56.5 Å². The molecule has 3 unspecified atom stereocenters. The quantitative estimate of drug-likeness (QED) is 0.631. The number of nitrogens with two attached hydrogens (primary N) is 1. The highest BCUT2D eigenvalue weighted by Crippen LogP contribution is 2.26. The van der Waals surface area contributed by atoms with Crippen LogP contribution in [0.5, 0.6) is 5.75 Å². The van der Waals surface area contributed by atoms with Crippen LogP contribution in [0, 0.1) is 5.82 Å². The number of rotatable bonds is 5. The molecule has 3 atom stereocenters. The van der Waals surface area contributed by atoms with Gasteiger partial charge in [-0.2, -0.15) is 0 Å². The van der Waals surface area contributed by atoms with Crippen LogP contribution in [0.15, 0.2) is 18.2 Å². The SMILES string of the molecule is COc1cccc(CC(NN)C2CCC(C)O2)c1F. The lowest BCUT2D eigenvalue weighted by atomic mass is 9.99. The molecule has 1 aromatic rings. The number of hydrogen-bond donors (Lipinski definition) is 2. The molecule has 0 aliphatic carbocycles. The molecule has 4 nitrogen and oxygen atoms in total. The summed E-state index contributed by atoms with van der Waals surface area (Å²) in [5, 5.41) is 0. The molecule has 0 amide bonds. The zero-order valence-electron chi connectivity index (χ0n) is 11.4. The minimum absolute atomic E-state index is 0.0330. The fourth-order valence-corrected chi connectivity index (χ4v) is 2.54. The van der Waals surface area contributed by atoms with Crippen LogP contribution in [0.4, 0.5) is 4.39 Å². The molecular formula is C14H21FN2O2. The summed E-state index contributed by atoms with van der Waals surface area (Å²) in [6.45, 7) is 2.04. The van der Waals surface area contributed by atoms with Crippen LogP contribution in [0.1, 0.15) is 25.3 Å². The van der Waals surface area contributed by atoms with E-state index in [2.05, 4.69) is 5.43 Å². The summed E-state index contributed by atoms with van der Waals surface area (Å²) in [5.41, 5.74) is 3.33. The van der Waals surface area contributed by atoms with E-state index in [1.54, 1.807) is 18.2 Å². The van der Waals surface area contributed by atoms with Crippen LogP contribution in [0.2, 0.25) is 0 Å². The molecule has 19 heavy (non-hydrogen) atoms. The molecule has 0 bridgehead atoms. The Morgan fingerprint density at radius 1 is 1.53 bits per heavy atom. The number of methoxy groups -OCH3 is 1. The first kappa shape index (κ1) is 14.2. The Balaban J connectivity index is 2.10. The van der Waals surface area contributed by atoms with Gasteiger partial charge in [0.05, 0.1) is 25.4 Å². The van der Waals surface area contributed by atoms with Gasteiger partial charge in [-0.25, -0.2) is 4.39 Å². The van der Waals surface area contributed by atoms with E-state index >= 15 is 0 Å². The molecule has 1 aliphatic heterocycles. The number of halogens is 1. The minimum Gasteiger partial charge on any atom is -0.494 e. The molecule has 0 radical (unpaired) electrons. The fraction of sp³-hybridized carbons (Fsp3) is 0.571. The van der Waals surface area contributed by atoms with Gasteiger partial charge in [-0.3, -0.25) is 11.3 Å². The number of benzene rings is 1. The predicted molar refractivity (Wildman–Crippen MR) is 71.3 cm³/mol. The first-order chi connectivity index (χ1) is 9.15. The van der Waals surface area contributed by atoms with E-state index in [4.69, 9.17) is 15.3 Å². The molecule has 0 aromatic heterocycles. The molecule has 1 fully saturated rings. The number of ether oxygens (including phenoxy) is 2. The zero-order chi connectivity index (χ0) is 13.8. The zero-order valence-corrected chi connectivity index (χ0v) is 11.4. The van der Waals surface area contributed by atoms with Gasteiger partial charge in [-0.15, -0.1) is 0 Å². The summed E-state index contributed by atoms with van der Waals surface area (Å²) < 4.78 is 24.9. The first-order valence-corrected chi connectivity index (χ1v) is 6.58. The van der Waals surface area contributed by atoms with E-state index in [1.807, 2.05) is 6.92 Å². The number of hydrogen-bond acceptors (Lipinski definition) is 4. The van der Waals surface area contributed by atoms with E-state index in [0.29, 0.717) is 12.0 Å². The Labute approximate surface area is 113 Å². The van der Waals surface area contributed by atoms with Crippen molar-refractivity contribution in [3.8, 4) is 5.75 Å². The van der Waals surface area contributed by atoms with E-state index in [0.717, 1.165) is 12.8 Å². The second-order valence-electron chi connectivity index (χ2n) is 4.97. The molecule has 1 heterocycles. The predicted octanol–water partition coefficient (Wildman–Crippen LogP) is 1.78. The average Bonchev–Trinajstić information content (AvgIpc) is 2.84. The van der Waals surface area contributed by atoms with Crippen molar-refractivity contribution in [3.63, 3.8) is 0 Å². The van der Waals surface area contributed by atoms with Gasteiger partial charge in [-0.05, 0) is 37.8 Å². The van der Waals surface area contributed by atoms with Crippen LogP contribution in [-0.2, 0) is 11.2 Å². The first-order valence-electron chi connectivity index (χ1n) is 6.58. The highest BCUT2D eigenvalue weighted by molar-refractivity contribution is 5.31. The van der Waals surface area contributed by atoms with Gasteiger partial charge in [0.25, 0.3) is 0 Å². The summed E-state index contributed by atoms with van der Waals surface area (Å²) in [7, 11) is 1.46. The minimum atomic E-state index is -0.323. The third-order valence-electron chi connectivity index (χ3n) is 3.63. The van der Waals surface area contributed by atoms with Crippen molar-refractivity contribution in [3.05, 3.63) is 29.6 Å². The monoisotopic (exact) mass is 268 g/mol. The normalized spacial score (nSPS) is 24.4. The van der Waals surface area contributed by atoms with Gasteiger partial charge in [0, 0.05) is 0 Å². The molecule has 2 rings (SSSR count). The summed E-state index contributed by atoms with van der Waals surface area (Å²) in [6.07, 6.45) is 2.73. The second kappa shape index (κ2) is 6.32. The third-order valence-corrected chi connectivity index (χ3v) is 3.63. The lowest BCUT2D eigenvalue weighted by molar-refractivity contribution is 0.0319. The molecule has 0 spiro atoms. The largest absolute Gasteiger partial charge is 0.494 e. The summed E-state index contributed by atoms with van der Waals surface area (Å²) in [6, 6.07) is 5.05. The average molecular weight is 268 g/mol. The maximum absolute atomic E-state index is 14.1. The Morgan fingerprint density at radius 2 is 2.32 bits per heavy atom. The van der Waals surface area contributed by atoms with Crippen molar-refractivity contribution in [1.82, 2.24) is 5.43 Å².